The summed E-state index contributed by atoms with van der Waals surface area (Å²) in [6, 6.07) is 5.20. The first-order valence-corrected chi connectivity index (χ1v) is 6.93. The summed E-state index contributed by atoms with van der Waals surface area (Å²) in [5.74, 6) is -0.0836. The van der Waals surface area contributed by atoms with Gasteiger partial charge in [0.1, 0.15) is 12.6 Å². The number of aryl methyl sites for hydroxylation is 1. The summed E-state index contributed by atoms with van der Waals surface area (Å²) in [7, 11) is 3.40. The topological polar surface area (TPSA) is 66.5 Å². The van der Waals surface area contributed by atoms with Crippen molar-refractivity contribution in [3.05, 3.63) is 34.9 Å². The van der Waals surface area contributed by atoms with E-state index in [0.717, 1.165) is 23.7 Å². The Morgan fingerprint density at radius 1 is 1.38 bits per heavy atom. The molecule has 1 unspecified atom stereocenters. The molecule has 1 aromatic carbocycles. The largest absolute Gasteiger partial charge is 0.359 e. The van der Waals surface area contributed by atoms with E-state index in [2.05, 4.69) is 5.32 Å². The molecule has 1 amide bonds. The molecular weight excluding hydrogens is 268 g/mol. The quantitative estimate of drug-likeness (QED) is 0.734. The molecule has 1 atom stereocenters. The molecule has 0 aliphatic carbocycles. The molecule has 0 heterocycles. The fraction of sp³-hybridized carbons (Fsp3) is 0.438. The molecule has 0 fully saturated rings. The van der Waals surface area contributed by atoms with Crippen LogP contribution in [0.3, 0.4) is 0 Å². The van der Waals surface area contributed by atoms with Gasteiger partial charge < -0.3 is 10.1 Å². The number of carbonyl (C=O) groups is 3. The minimum atomic E-state index is -0.346. The number of benzene rings is 1. The lowest BCUT2D eigenvalue weighted by Crippen LogP contribution is -2.34. The van der Waals surface area contributed by atoms with Crippen molar-refractivity contribution in [1.82, 2.24) is 10.2 Å². The van der Waals surface area contributed by atoms with E-state index in [1.54, 1.807) is 13.1 Å². The summed E-state index contributed by atoms with van der Waals surface area (Å²) >= 11 is 0. The second-order valence-electron chi connectivity index (χ2n) is 5.09. The highest BCUT2D eigenvalue weighted by Crippen LogP contribution is 2.16. The molecule has 5 nitrogen and oxygen atoms in total. The highest BCUT2D eigenvalue weighted by Gasteiger charge is 2.17. The van der Waals surface area contributed by atoms with Crippen LogP contribution >= 0.6 is 0 Å². The smallest absolute Gasteiger partial charge is 0.219 e. The number of nitrogens with zero attached hydrogens (tertiary/aromatic N) is 1. The Bertz CT molecular complexity index is 514. The predicted octanol–water partition coefficient (Wildman–Crippen LogP) is 1.33. The monoisotopic (exact) mass is 290 g/mol. The van der Waals surface area contributed by atoms with Gasteiger partial charge in [-0.25, -0.2) is 0 Å². The van der Waals surface area contributed by atoms with Crippen LogP contribution in [-0.4, -0.2) is 43.5 Å². The molecule has 114 valence electrons. The summed E-state index contributed by atoms with van der Waals surface area (Å²) in [5, 5.41) is 2.54. The third-order valence-corrected chi connectivity index (χ3v) is 3.65. The molecule has 0 aromatic heterocycles. The molecule has 1 aromatic rings. The van der Waals surface area contributed by atoms with Crippen molar-refractivity contribution in [2.75, 3.05) is 14.1 Å². The lowest BCUT2D eigenvalue weighted by atomic mass is 10.0. The van der Waals surface area contributed by atoms with Gasteiger partial charge in [-0.15, -0.1) is 0 Å². The van der Waals surface area contributed by atoms with E-state index in [-0.39, 0.29) is 11.9 Å². The van der Waals surface area contributed by atoms with Crippen molar-refractivity contribution in [2.45, 2.75) is 32.4 Å². The molecule has 0 aliphatic heterocycles. The minimum absolute atomic E-state index is 0.0836. The highest BCUT2D eigenvalue weighted by molar-refractivity contribution is 5.78. The van der Waals surface area contributed by atoms with E-state index < -0.39 is 0 Å². The van der Waals surface area contributed by atoms with Crippen molar-refractivity contribution in [1.29, 1.82) is 0 Å². The Hall–Kier alpha value is -2.01. The van der Waals surface area contributed by atoms with Crippen LogP contribution in [0.1, 0.15) is 34.3 Å². The molecule has 0 aliphatic rings. The number of rotatable bonds is 8. The zero-order valence-electron chi connectivity index (χ0n) is 12.8. The predicted molar refractivity (Wildman–Crippen MR) is 81.2 cm³/mol. The van der Waals surface area contributed by atoms with Crippen LogP contribution < -0.4 is 5.32 Å². The summed E-state index contributed by atoms with van der Waals surface area (Å²) in [6.45, 7) is 2.44. The van der Waals surface area contributed by atoms with Gasteiger partial charge in [0.2, 0.25) is 5.91 Å². The maximum absolute atomic E-state index is 11.3. The van der Waals surface area contributed by atoms with Crippen molar-refractivity contribution < 1.29 is 14.4 Å². The Morgan fingerprint density at radius 2 is 2.10 bits per heavy atom. The first kappa shape index (κ1) is 17.0. The standard InChI is InChI=1S/C16H22N2O3/c1-12-5-4-6-13(10-19)15(12)9-18(3)14(11-20)7-8-16(21)17-2/h4-6,10-11,14H,7-9H2,1-3H3,(H,17,21). The van der Waals surface area contributed by atoms with Crippen molar-refractivity contribution in [3.8, 4) is 0 Å². The summed E-state index contributed by atoms with van der Waals surface area (Å²) in [5.41, 5.74) is 2.57. The third-order valence-electron chi connectivity index (χ3n) is 3.65. The lowest BCUT2D eigenvalue weighted by Gasteiger charge is -2.24. The molecule has 5 heteroatoms. The molecule has 21 heavy (non-hydrogen) atoms. The van der Waals surface area contributed by atoms with Gasteiger partial charge in [-0.1, -0.05) is 18.2 Å². The second-order valence-corrected chi connectivity index (χ2v) is 5.09. The van der Waals surface area contributed by atoms with E-state index in [4.69, 9.17) is 0 Å². The van der Waals surface area contributed by atoms with E-state index in [1.807, 2.05) is 31.0 Å². The number of aldehydes is 2. The fourth-order valence-electron chi connectivity index (χ4n) is 2.21. The molecule has 0 saturated heterocycles. The summed E-state index contributed by atoms with van der Waals surface area (Å²) in [4.78, 5) is 35.5. The van der Waals surface area contributed by atoms with Crippen LogP contribution in [0.15, 0.2) is 18.2 Å². The molecule has 0 spiro atoms. The third kappa shape index (κ3) is 4.79. The zero-order chi connectivity index (χ0) is 15.8. The van der Waals surface area contributed by atoms with Gasteiger partial charge in [0.05, 0.1) is 6.04 Å². The molecule has 0 bridgehead atoms. The number of amides is 1. The van der Waals surface area contributed by atoms with Gasteiger partial charge >= 0.3 is 0 Å². The Balaban J connectivity index is 2.78. The number of likely N-dealkylation sites (N-methyl/N-ethyl adjacent to an activating group) is 1. The number of nitrogens with one attached hydrogen (secondary N) is 1. The highest BCUT2D eigenvalue weighted by atomic mass is 16.1. The molecule has 1 N–H and O–H groups in total. The van der Waals surface area contributed by atoms with Gasteiger partial charge in [-0.2, -0.15) is 0 Å². The van der Waals surface area contributed by atoms with Gasteiger partial charge in [0, 0.05) is 25.6 Å². The van der Waals surface area contributed by atoms with Crippen LogP contribution in [0.5, 0.6) is 0 Å². The first-order chi connectivity index (χ1) is 10.0. The van der Waals surface area contributed by atoms with Crippen molar-refractivity contribution >= 4 is 18.5 Å². The first-order valence-electron chi connectivity index (χ1n) is 6.93. The second kappa shape index (κ2) is 8.32. The van der Waals surface area contributed by atoms with Crippen LogP contribution in [0.4, 0.5) is 0 Å². The van der Waals surface area contributed by atoms with Gasteiger partial charge in [-0.3, -0.25) is 14.5 Å². The minimum Gasteiger partial charge on any atom is -0.359 e. The lowest BCUT2D eigenvalue weighted by molar-refractivity contribution is -0.121. The van der Waals surface area contributed by atoms with Gasteiger partial charge in [0.25, 0.3) is 0 Å². The van der Waals surface area contributed by atoms with Crippen LogP contribution in [0.2, 0.25) is 0 Å². The van der Waals surface area contributed by atoms with Crippen LogP contribution in [-0.2, 0) is 16.1 Å². The van der Waals surface area contributed by atoms with E-state index in [9.17, 15) is 14.4 Å². The Morgan fingerprint density at radius 3 is 2.67 bits per heavy atom. The molecule has 0 radical (unpaired) electrons. The van der Waals surface area contributed by atoms with Crippen molar-refractivity contribution in [2.24, 2.45) is 0 Å². The Kier molecular flexibility index (Phi) is 6.75. The zero-order valence-corrected chi connectivity index (χ0v) is 12.8. The molecule has 1 rings (SSSR count). The maximum Gasteiger partial charge on any atom is 0.219 e. The van der Waals surface area contributed by atoms with Gasteiger partial charge in [-0.05, 0) is 31.5 Å². The van der Waals surface area contributed by atoms with E-state index >= 15 is 0 Å². The van der Waals surface area contributed by atoms with E-state index in [0.29, 0.717) is 24.9 Å². The van der Waals surface area contributed by atoms with Crippen LogP contribution in [0.25, 0.3) is 0 Å². The Labute approximate surface area is 125 Å². The number of hydrogen-bond acceptors (Lipinski definition) is 4. The SMILES string of the molecule is CNC(=O)CCC(C=O)N(C)Cc1c(C)cccc1C=O. The van der Waals surface area contributed by atoms with Crippen LogP contribution in [0, 0.1) is 6.92 Å². The maximum atomic E-state index is 11.3. The van der Waals surface area contributed by atoms with Crippen molar-refractivity contribution in [3.63, 3.8) is 0 Å². The normalized spacial score (nSPS) is 12.0. The fourth-order valence-corrected chi connectivity index (χ4v) is 2.21. The van der Waals surface area contributed by atoms with E-state index in [1.165, 1.54) is 0 Å². The summed E-state index contributed by atoms with van der Waals surface area (Å²) in [6.07, 6.45) is 2.44. The number of hydrogen-bond donors (Lipinski definition) is 1. The molecular formula is C16H22N2O3. The number of carbonyl (C=O) groups excluding carboxylic acids is 3. The summed E-state index contributed by atoms with van der Waals surface area (Å²) < 4.78 is 0. The molecule has 0 saturated carbocycles. The average Bonchev–Trinajstić information content (AvgIpc) is 2.49. The van der Waals surface area contributed by atoms with Gasteiger partial charge in [0.15, 0.2) is 0 Å². The average molecular weight is 290 g/mol.